The maximum absolute atomic E-state index is 13.0. The predicted octanol–water partition coefficient (Wildman–Crippen LogP) is 2.44. The van der Waals surface area contributed by atoms with Gasteiger partial charge in [0.05, 0.1) is 32.1 Å². The molecule has 1 aliphatic rings. The number of amides is 1. The van der Waals surface area contributed by atoms with Gasteiger partial charge in [-0.15, -0.1) is 0 Å². The first kappa shape index (κ1) is 18.0. The van der Waals surface area contributed by atoms with E-state index < -0.39 is 5.97 Å². The number of carbonyl (C=O) groups is 2. The molecule has 3 rings (SSSR count). The molecule has 0 aliphatic carbocycles. The van der Waals surface area contributed by atoms with E-state index in [2.05, 4.69) is 0 Å². The summed E-state index contributed by atoms with van der Waals surface area (Å²) in [6.45, 7) is 2.96. The number of morpholine rings is 1. The van der Waals surface area contributed by atoms with E-state index in [0.717, 1.165) is 11.3 Å². The van der Waals surface area contributed by atoms with E-state index in [-0.39, 0.29) is 24.2 Å². The molecule has 2 aromatic rings. The fourth-order valence-electron chi connectivity index (χ4n) is 3.09. The summed E-state index contributed by atoms with van der Waals surface area (Å²) in [6.07, 6.45) is 0.835. The third-order valence-corrected chi connectivity index (χ3v) is 4.40. The summed E-state index contributed by atoms with van der Waals surface area (Å²) >= 11 is 0. The van der Waals surface area contributed by atoms with Gasteiger partial charge in [0.1, 0.15) is 24.0 Å². The topological polar surface area (TPSA) is 89.2 Å². The Kier molecular flexibility index (Phi) is 5.27. The largest absolute Gasteiger partial charge is 0.497 e. The Morgan fingerprint density at radius 2 is 2.19 bits per heavy atom. The van der Waals surface area contributed by atoms with Crippen molar-refractivity contribution >= 4 is 11.9 Å². The van der Waals surface area contributed by atoms with Crippen LogP contribution in [0.25, 0.3) is 0 Å². The summed E-state index contributed by atoms with van der Waals surface area (Å²) in [4.78, 5) is 25.7. The molecule has 1 amide bonds. The lowest BCUT2D eigenvalue weighted by atomic mass is 10.0. The van der Waals surface area contributed by atoms with Crippen LogP contribution in [-0.4, -0.2) is 48.7 Å². The number of hydrogen-bond acceptors (Lipinski definition) is 5. The molecule has 0 saturated carbocycles. The highest BCUT2D eigenvalue weighted by Gasteiger charge is 2.30. The van der Waals surface area contributed by atoms with Crippen molar-refractivity contribution in [3.05, 3.63) is 53.0 Å². The van der Waals surface area contributed by atoms with Gasteiger partial charge in [-0.25, -0.2) is 0 Å². The molecule has 0 bridgehead atoms. The molecule has 1 aromatic carbocycles. The standard InChI is InChI=1S/C19H21NO6/c1-12-11-26-15(9-17(21)22)18(12)19(23)20-6-7-25-16(10-20)13-4-3-5-14(8-13)24-2/h3-5,8,11,16H,6-7,9-10H2,1-2H3,(H,21,22). The molecule has 1 atom stereocenters. The van der Waals surface area contributed by atoms with Gasteiger partial charge < -0.3 is 23.9 Å². The maximum atomic E-state index is 13.0. The van der Waals surface area contributed by atoms with E-state index >= 15 is 0 Å². The van der Waals surface area contributed by atoms with Gasteiger partial charge in [0, 0.05) is 12.1 Å². The van der Waals surface area contributed by atoms with Gasteiger partial charge >= 0.3 is 5.97 Å². The van der Waals surface area contributed by atoms with Crippen molar-refractivity contribution in [1.82, 2.24) is 4.90 Å². The van der Waals surface area contributed by atoms with E-state index in [1.165, 1.54) is 6.26 Å². The zero-order valence-electron chi connectivity index (χ0n) is 14.7. The predicted molar refractivity (Wildman–Crippen MR) is 92.4 cm³/mol. The van der Waals surface area contributed by atoms with E-state index in [4.69, 9.17) is 19.0 Å². The van der Waals surface area contributed by atoms with Crippen LogP contribution in [0.2, 0.25) is 0 Å². The summed E-state index contributed by atoms with van der Waals surface area (Å²) in [7, 11) is 1.60. The molecule has 1 N–H and O–H groups in total. The van der Waals surface area contributed by atoms with Crippen LogP contribution < -0.4 is 4.74 Å². The molecule has 138 valence electrons. The Hall–Kier alpha value is -2.80. The number of hydrogen-bond donors (Lipinski definition) is 1. The number of aliphatic carboxylic acids is 1. The maximum Gasteiger partial charge on any atom is 0.311 e. The number of nitrogens with zero attached hydrogens (tertiary/aromatic N) is 1. The van der Waals surface area contributed by atoms with E-state index in [1.54, 1.807) is 18.9 Å². The summed E-state index contributed by atoms with van der Waals surface area (Å²) < 4.78 is 16.3. The van der Waals surface area contributed by atoms with Gasteiger partial charge in [-0.05, 0) is 24.6 Å². The molecule has 7 nitrogen and oxygen atoms in total. The van der Waals surface area contributed by atoms with E-state index in [0.29, 0.717) is 30.8 Å². The third kappa shape index (κ3) is 3.72. The molecule has 1 aliphatic heterocycles. The van der Waals surface area contributed by atoms with Crippen molar-refractivity contribution in [3.8, 4) is 5.75 Å². The minimum absolute atomic E-state index is 0.185. The van der Waals surface area contributed by atoms with Gasteiger partial charge in [-0.1, -0.05) is 12.1 Å². The van der Waals surface area contributed by atoms with Gasteiger partial charge in [-0.2, -0.15) is 0 Å². The number of carbonyl (C=O) groups excluding carboxylic acids is 1. The van der Waals surface area contributed by atoms with Crippen LogP contribution in [0.3, 0.4) is 0 Å². The zero-order valence-corrected chi connectivity index (χ0v) is 14.7. The Balaban J connectivity index is 1.80. The molecule has 2 heterocycles. The van der Waals surface area contributed by atoms with Crippen LogP contribution in [0.15, 0.2) is 34.9 Å². The number of benzene rings is 1. The van der Waals surface area contributed by atoms with Crippen LogP contribution in [0.5, 0.6) is 5.75 Å². The second-order valence-corrected chi connectivity index (χ2v) is 6.17. The van der Waals surface area contributed by atoms with Gasteiger partial charge in [0.25, 0.3) is 5.91 Å². The lowest BCUT2D eigenvalue weighted by Gasteiger charge is -2.33. The number of carboxylic acids is 1. The van der Waals surface area contributed by atoms with Gasteiger partial charge in [-0.3, -0.25) is 9.59 Å². The first-order valence-electron chi connectivity index (χ1n) is 8.33. The lowest BCUT2D eigenvalue weighted by Crippen LogP contribution is -2.42. The molecule has 26 heavy (non-hydrogen) atoms. The van der Waals surface area contributed by atoms with Crippen LogP contribution in [0, 0.1) is 6.92 Å². The molecular weight excluding hydrogens is 338 g/mol. The van der Waals surface area contributed by atoms with Crippen molar-refractivity contribution in [2.24, 2.45) is 0 Å². The van der Waals surface area contributed by atoms with Crippen molar-refractivity contribution in [2.75, 3.05) is 26.8 Å². The monoisotopic (exact) mass is 359 g/mol. The van der Waals surface area contributed by atoms with Crippen LogP contribution in [0.4, 0.5) is 0 Å². The third-order valence-electron chi connectivity index (χ3n) is 4.40. The molecule has 0 spiro atoms. The van der Waals surface area contributed by atoms with Crippen LogP contribution in [0.1, 0.15) is 33.3 Å². The fourth-order valence-corrected chi connectivity index (χ4v) is 3.09. The molecule has 1 aromatic heterocycles. The fraction of sp³-hybridized carbons (Fsp3) is 0.368. The van der Waals surface area contributed by atoms with Crippen molar-refractivity contribution < 1.29 is 28.6 Å². The molecule has 1 unspecified atom stereocenters. The average Bonchev–Trinajstić information content (AvgIpc) is 3.00. The SMILES string of the molecule is COc1cccc(C2CN(C(=O)c3c(C)coc3CC(=O)O)CCO2)c1. The Labute approximate surface area is 151 Å². The smallest absolute Gasteiger partial charge is 0.311 e. The molecule has 7 heteroatoms. The normalized spacial score (nSPS) is 17.2. The summed E-state index contributed by atoms with van der Waals surface area (Å²) in [5.41, 5.74) is 1.89. The number of ether oxygens (including phenoxy) is 2. The lowest BCUT2D eigenvalue weighted by molar-refractivity contribution is -0.136. The molecular formula is C19H21NO6. The number of furan rings is 1. The number of methoxy groups -OCH3 is 1. The van der Waals surface area contributed by atoms with Crippen LogP contribution in [-0.2, 0) is 16.0 Å². The Morgan fingerprint density at radius 3 is 2.92 bits per heavy atom. The van der Waals surface area contributed by atoms with Crippen molar-refractivity contribution in [3.63, 3.8) is 0 Å². The second-order valence-electron chi connectivity index (χ2n) is 6.17. The molecule has 1 fully saturated rings. The highest BCUT2D eigenvalue weighted by Crippen LogP contribution is 2.27. The minimum Gasteiger partial charge on any atom is -0.497 e. The first-order valence-corrected chi connectivity index (χ1v) is 8.33. The summed E-state index contributed by atoms with van der Waals surface area (Å²) in [6, 6.07) is 7.55. The van der Waals surface area contributed by atoms with Crippen LogP contribution >= 0.6 is 0 Å². The summed E-state index contributed by atoms with van der Waals surface area (Å²) in [5.74, 6) is -0.360. The highest BCUT2D eigenvalue weighted by molar-refractivity contribution is 5.97. The van der Waals surface area contributed by atoms with E-state index in [9.17, 15) is 9.59 Å². The minimum atomic E-state index is -1.04. The molecule has 0 radical (unpaired) electrons. The second kappa shape index (κ2) is 7.61. The number of aryl methyl sites for hydroxylation is 1. The van der Waals surface area contributed by atoms with E-state index in [1.807, 2.05) is 24.3 Å². The van der Waals surface area contributed by atoms with Gasteiger partial charge in [0.15, 0.2) is 0 Å². The number of rotatable bonds is 5. The van der Waals surface area contributed by atoms with Gasteiger partial charge in [0.2, 0.25) is 0 Å². The van der Waals surface area contributed by atoms with Crippen molar-refractivity contribution in [1.29, 1.82) is 0 Å². The Bertz CT molecular complexity index is 812. The summed E-state index contributed by atoms with van der Waals surface area (Å²) in [5, 5.41) is 9.02. The first-order chi connectivity index (χ1) is 12.5. The quantitative estimate of drug-likeness (QED) is 0.882. The number of carboxylic acid groups (broad SMARTS) is 1. The van der Waals surface area contributed by atoms with Crippen molar-refractivity contribution in [2.45, 2.75) is 19.4 Å². The molecule has 1 saturated heterocycles. The average molecular weight is 359 g/mol. The highest BCUT2D eigenvalue weighted by atomic mass is 16.5. The Morgan fingerprint density at radius 1 is 1.38 bits per heavy atom. The zero-order chi connectivity index (χ0) is 18.7.